The van der Waals surface area contributed by atoms with Crippen molar-refractivity contribution in [1.29, 1.82) is 0 Å². The average Bonchev–Trinajstić information content (AvgIpc) is 2.03. The summed E-state index contributed by atoms with van der Waals surface area (Å²) in [7, 11) is 0. The number of hydrogen-bond acceptors (Lipinski definition) is 3. The van der Waals surface area contributed by atoms with Crippen molar-refractivity contribution >= 4 is 17.4 Å². The Morgan fingerprint density at radius 2 is 2.33 bits per heavy atom. The Hall–Kier alpha value is -0.830. The number of anilines is 1. The second-order valence-corrected chi connectivity index (χ2v) is 3.40. The molecule has 4 heteroatoms. The van der Waals surface area contributed by atoms with Gasteiger partial charge in [-0.1, -0.05) is 25.4 Å². The van der Waals surface area contributed by atoms with Crippen molar-refractivity contribution in [3.05, 3.63) is 17.5 Å². The van der Waals surface area contributed by atoms with E-state index >= 15 is 0 Å². The van der Waals surface area contributed by atoms with Crippen LogP contribution in [0.3, 0.4) is 0 Å². The number of nitrogens with zero attached hydrogens (tertiary/aromatic N) is 2. The number of halogens is 1. The Kier molecular flexibility index (Phi) is 3.29. The first-order valence-corrected chi connectivity index (χ1v) is 4.27. The molecule has 0 aliphatic carbocycles. The van der Waals surface area contributed by atoms with E-state index < -0.39 is 0 Å². The summed E-state index contributed by atoms with van der Waals surface area (Å²) in [5.41, 5.74) is 0. The largest absolute Gasteiger partial charge is 0.368 e. The Balaban J connectivity index is 2.57. The topological polar surface area (TPSA) is 37.8 Å². The fourth-order valence-corrected chi connectivity index (χ4v) is 0.915. The van der Waals surface area contributed by atoms with E-state index in [1.165, 1.54) is 6.33 Å². The maximum atomic E-state index is 5.82. The van der Waals surface area contributed by atoms with Crippen LogP contribution < -0.4 is 5.32 Å². The van der Waals surface area contributed by atoms with Crippen molar-refractivity contribution in [2.75, 3.05) is 11.9 Å². The van der Waals surface area contributed by atoms with Crippen molar-refractivity contribution in [3.8, 4) is 0 Å². The predicted octanol–water partition coefficient (Wildman–Crippen LogP) is 2.20. The summed E-state index contributed by atoms with van der Waals surface area (Å²) < 4.78 is 0. The Morgan fingerprint density at radius 1 is 1.58 bits per heavy atom. The number of nitrogens with one attached hydrogen (secondary N) is 1. The molecule has 0 saturated heterocycles. The lowest BCUT2D eigenvalue weighted by Gasteiger charge is -2.08. The maximum absolute atomic E-state index is 5.82. The molecule has 0 radical (unpaired) electrons. The van der Waals surface area contributed by atoms with Gasteiger partial charge in [0.2, 0.25) is 0 Å². The van der Waals surface area contributed by atoms with Gasteiger partial charge in [-0.3, -0.25) is 0 Å². The Morgan fingerprint density at radius 3 is 2.92 bits per heavy atom. The molecule has 0 atom stereocenters. The molecule has 0 fully saturated rings. The highest BCUT2D eigenvalue weighted by Gasteiger charge is 2.00. The highest BCUT2D eigenvalue weighted by Crippen LogP contribution is 2.15. The zero-order valence-electron chi connectivity index (χ0n) is 7.21. The summed E-state index contributed by atoms with van der Waals surface area (Å²) in [4.78, 5) is 7.79. The molecule has 0 aromatic carbocycles. The minimum absolute atomic E-state index is 0.568. The van der Waals surface area contributed by atoms with Crippen molar-refractivity contribution in [2.45, 2.75) is 13.8 Å². The molecule has 0 bridgehead atoms. The van der Waals surface area contributed by atoms with Gasteiger partial charge in [0.05, 0.1) is 6.20 Å². The molecular formula is C8H12ClN3. The van der Waals surface area contributed by atoms with Crippen LogP contribution in [0, 0.1) is 5.92 Å². The van der Waals surface area contributed by atoms with Gasteiger partial charge in [0.25, 0.3) is 0 Å². The zero-order valence-corrected chi connectivity index (χ0v) is 7.97. The van der Waals surface area contributed by atoms with Crippen LogP contribution in [0.2, 0.25) is 5.02 Å². The Labute approximate surface area is 77.2 Å². The quantitative estimate of drug-likeness (QED) is 0.785. The molecule has 12 heavy (non-hydrogen) atoms. The second-order valence-electron chi connectivity index (χ2n) is 2.99. The van der Waals surface area contributed by atoms with E-state index in [2.05, 4.69) is 29.1 Å². The maximum Gasteiger partial charge on any atom is 0.148 e. The van der Waals surface area contributed by atoms with E-state index in [9.17, 15) is 0 Å². The van der Waals surface area contributed by atoms with E-state index in [4.69, 9.17) is 11.6 Å². The minimum Gasteiger partial charge on any atom is -0.368 e. The molecule has 0 aliphatic rings. The van der Waals surface area contributed by atoms with Gasteiger partial charge in [-0.15, -0.1) is 0 Å². The monoisotopic (exact) mass is 185 g/mol. The first-order valence-electron chi connectivity index (χ1n) is 3.89. The lowest BCUT2D eigenvalue weighted by molar-refractivity contribution is 0.687. The van der Waals surface area contributed by atoms with Crippen molar-refractivity contribution in [1.82, 2.24) is 9.97 Å². The molecule has 1 rings (SSSR count). The summed E-state index contributed by atoms with van der Waals surface area (Å²) in [6, 6.07) is 0. The van der Waals surface area contributed by atoms with Crippen LogP contribution >= 0.6 is 11.6 Å². The van der Waals surface area contributed by atoms with Gasteiger partial charge < -0.3 is 5.32 Å². The fraction of sp³-hybridized carbons (Fsp3) is 0.500. The van der Waals surface area contributed by atoms with Crippen LogP contribution in [0.4, 0.5) is 5.82 Å². The van der Waals surface area contributed by atoms with E-state index in [1.54, 1.807) is 6.20 Å². The van der Waals surface area contributed by atoms with E-state index in [0.29, 0.717) is 16.8 Å². The van der Waals surface area contributed by atoms with Crippen LogP contribution in [0.5, 0.6) is 0 Å². The lowest BCUT2D eigenvalue weighted by Crippen LogP contribution is -2.09. The molecule has 0 saturated carbocycles. The number of rotatable bonds is 3. The second kappa shape index (κ2) is 4.26. The summed E-state index contributed by atoms with van der Waals surface area (Å²) in [6.45, 7) is 5.13. The molecule has 0 aliphatic heterocycles. The van der Waals surface area contributed by atoms with Gasteiger partial charge in [0, 0.05) is 6.54 Å². The highest BCUT2D eigenvalue weighted by atomic mass is 35.5. The van der Waals surface area contributed by atoms with E-state index in [0.717, 1.165) is 6.54 Å². The van der Waals surface area contributed by atoms with Gasteiger partial charge >= 0.3 is 0 Å². The zero-order chi connectivity index (χ0) is 8.97. The third-order valence-corrected chi connectivity index (χ3v) is 1.62. The first-order chi connectivity index (χ1) is 5.70. The van der Waals surface area contributed by atoms with Crippen molar-refractivity contribution < 1.29 is 0 Å². The summed E-state index contributed by atoms with van der Waals surface area (Å²) in [5.74, 6) is 1.29. The van der Waals surface area contributed by atoms with Gasteiger partial charge in [-0.25, -0.2) is 9.97 Å². The van der Waals surface area contributed by atoms with E-state index in [-0.39, 0.29) is 0 Å². The summed E-state index contributed by atoms with van der Waals surface area (Å²) in [5, 5.41) is 3.70. The molecule has 1 heterocycles. The molecule has 0 amide bonds. The van der Waals surface area contributed by atoms with Crippen LogP contribution in [0.15, 0.2) is 12.5 Å². The standard InChI is InChI=1S/C8H12ClN3/c1-6(2)3-11-8-7(9)4-10-5-12-8/h4-6H,3H2,1-2H3,(H,10,11,12). The molecule has 1 N–H and O–H groups in total. The minimum atomic E-state index is 0.568. The third-order valence-electron chi connectivity index (χ3n) is 1.35. The predicted molar refractivity (Wildman–Crippen MR) is 50.4 cm³/mol. The van der Waals surface area contributed by atoms with Crippen molar-refractivity contribution in [3.63, 3.8) is 0 Å². The van der Waals surface area contributed by atoms with Gasteiger partial charge in [0.15, 0.2) is 0 Å². The highest BCUT2D eigenvalue weighted by molar-refractivity contribution is 6.32. The van der Waals surface area contributed by atoms with Gasteiger partial charge in [-0.05, 0) is 5.92 Å². The molecule has 3 nitrogen and oxygen atoms in total. The van der Waals surface area contributed by atoms with E-state index in [1.807, 2.05) is 0 Å². The molecule has 1 aromatic heterocycles. The fourth-order valence-electron chi connectivity index (χ4n) is 0.744. The summed E-state index contributed by atoms with van der Waals surface area (Å²) in [6.07, 6.45) is 3.06. The molecular weight excluding hydrogens is 174 g/mol. The van der Waals surface area contributed by atoms with Crippen LogP contribution in [-0.4, -0.2) is 16.5 Å². The SMILES string of the molecule is CC(C)CNc1ncncc1Cl. The molecule has 0 unspecified atom stereocenters. The van der Waals surface area contributed by atoms with Crippen LogP contribution in [-0.2, 0) is 0 Å². The molecule has 66 valence electrons. The van der Waals surface area contributed by atoms with Crippen molar-refractivity contribution in [2.24, 2.45) is 5.92 Å². The van der Waals surface area contributed by atoms with Gasteiger partial charge in [0.1, 0.15) is 17.2 Å². The smallest absolute Gasteiger partial charge is 0.148 e. The normalized spacial score (nSPS) is 10.3. The number of aromatic nitrogens is 2. The molecule has 1 aromatic rings. The Bertz CT molecular complexity index is 250. The average molecular weight is 186 g/mol. The number of hydrogen-bond donors (Lipinski definition) is 1. The molecule has 0 spiro atoms. The first kappa shape index (κ1) is 9.26. The third kappa shape index (κ3) is 2.66. The van der Waals surface area contributed by atoms with Crippen LogP contribution in [0.25, 0.3) is 0 Å². The summed E-state index contributed by atoms with van der Waals surface area (Å²) >= 11 is 5.82. The van der Waals surface area contributed by atoms with Crippen LogP contribution in [0.1, 0.15) is 13.8 Å². The van der Waals surface area contributed by atoms with Gasteiger partial charge in [-0.2, -0.15) is 0 Å². The lowest BCUT2D eigenvalue weighted by atomic mass is 10.2.